The van der Waals surface area contributed by atoms with Crippen LogP contribution in [0, 0.1) is 0 Å². The van der Waals surface area contributed by atoms with Crippen molar-refractivity contribution < 1.29 is 9.90 Å². The topological polar surface area (TPSA) is 49.3 Å². The van der Waals surface area contributed by atoms with Gasteiger partial charge in [-0.15, -0.1) is 20.3 Å². The van der Waals surface area contributed by atoms with Gasteiger partial charge < -0.3 is 10.4 Å². The average molecular weight is 199 g/mol. The van der Waals surface area contributed by atoms with E-state index in [1.54, 1.807) is 18.4 Å². The van der Waals surface area contributed by atoms with E-state index in [-0.39, 0.29) is 0 Å². The maximum absolute atomic E-state index is 10.4. The maximum Gasteiger partial charge on any atom is 0.321 e. The molecule has 0 fully saturated rings. The summed E-state index contributed by atoms with van der Waals surface area (Å²) in [6.07, 6.45) is 0. The Balaban J connectivity index is 3.50. The molecule has 0 spiro atoms. The number of carbonyl (C=O) groups is 1. The van der Waals surface area contributed by atoms with Crippen molar-refractivity contribution in [2.45, 2.75) is 6.04 Å². The Morgan fingerprint density at radius 1 is 2.00 bits per heavy atom. The third-order valence-corrected chi connectivity index (χ3v) is 4.15. The van der Waals surface area contributed by atoms with Crippen LogP contribution in [0.5, 0.6) is 0 Å². The molecule has 0 aromatic carbocycles. The summed E-state index contributed by atoms with van der Waals surface area (Å²) in [4.78, 5) is 10.4. The van der Waals surface area contributed by atoms with Crippen LogP contribution < -0.4 is 5.32 Å². The fourth-order valence-corrected chi connectivity index (χ4v) is 2.64. The van der Waals surface area contributed by atoms with Crippen molar-refractivity contribution in [3.8, 4) is 0 Å². The highest BCUT2D eigenvalue weighted by Gasteiger charge is 2.13. The van der Waals surface area contributed by atoms with E-state index in [9.17, 15) is 4.79 Å². The molecule has 0 aromatic heterocycles. The van der Waals surface area contributed by atoms with Crippen molar-refractivity contribution in [1.29, 1.82) is 0 Å². The summed E-state index contributed by atoms with van der Waals surface area (Å²) in [5.41, 5.74) is 0. The fourth-order valence-electron chi connectivity index (χ4n) is 0.410. The van der Waals surface area contributed by atoms with Crippen molar-refractivity contribution in [3.63, 3.8) is 0 Å². The lowest BCUT2D eigenvalue weighted by atomic mass is 10.3. The summed E-state index contributed by atoms with van der Waals surface area (Å²) < 4.78 is 0. The lowest BCUT2D eigenvalue weighted by molar-refractivity contribution is -0.138. The molecule has 3 unspecified atom stereocenters. The lowest BCUT2D eigenvalue weighted by Gasteiger charge is -2.08. The molecule has 0 saturated heterocycles. The van der Waals surface area contributed by atoms with Gasteiger partial charge in [0.15, 0.2) is 0 Å². The Bertz CT molecular complexity index is 113. The van der Waals surface area contributed by atoms with E-state index in [1.165, 1.54) is 0 Å². The third kappa shape index (κ3) is 4.45. The number of nitrogens with one attached hydrogen (secondary N) is 1. The summed E-state index contributed by atoms with van der Waals surface area (Å²) in [7, 11) is 4.90. The van der Waals surface area contributed by atoms with Crippen LogP contribution >= 0.6 is 27.8 Å². The first-order valence-electron chi connectivity index (χ1n) is 2.69. The van der Waals surface area contributed by atoms with E-state index in [0.29, 0.717) is 13.2 Å². The largest absolute Gasteiger partial charge is 0.480 e. The highest BCUT2D eigenvalue weighted by atomic mass is 32.9. The number of hydrogen-bond donors (Lipinski definition) is 2. The average Bonchev–Trinajstić information content (AvgIpc) is 1.89. The Morgan fingerprint density at radius 2 is 2.60 bits per heavy atom. The van der Waals surface area contributed by atoms with E-state index in [2.05, 4.69) is 14.2 Å². The zero-order valence-corrected chi connectivity index (χ0v) is 8.60. The fraction of sp³-hybridized carbons (Fsp3) is 0.750. The Hall–Kier alpha value is 0.640. The number of hydrogen-bond acceptors (Lipinski definition) is 3. The van der Waals surface area contributed by atoms with Crippen molar-refractivity contribution in [2.24, 2.45) is 0 Å². The molecule has 0 saturated carbocycles. The van der Waals surface area contributed by atoms with Gasteiger partial charge in [0.25, 0.3) is 0 Å². The van der Waals surface area contributed by atoms with Gasteiger partial charge in [0.05, 0.1) is 0 Å². The molecule has 10 heavy (non-hydrogen) atoms. The van der Waals surface area contributed by atoms with Crippen LogP contribution in [-0.4, -0.2) is 29.9 Å². The van der Waals surface area contributed by atoms with Crippen molar-refractivity contribution >= 4 is 33.8 Å². The van der Waals surface area contributed by atoms with Crippen LogP contribution in [0.3, 0.4) is 0 Å². The molecule has 0 heterocycles. The zero-order chi connectivity index (χ0) is 7.98. The second-order valence-electron chi connectivity index (χ2n) is 1.61. The molecule has 0 amide bonds. The molecule has 0 aromatic rings. The third-order valence-electron chi connectivity index (χ3n) is 0.980. The van der Waals surface area contributed by atoms with Gasteiger partial charge in [-0.05, 0) is 14.5 Å². The highest BCUT2D eigenvalue weighted by Crippen LogP contribution is 2.36. The molecule has 3 nitrogen and oxygen atoms in total. The van der Waals surface area contributed by atoms with E-state index in [0.717, 1.165) is 0 Å². The lowest BCUT2D eigenvalue weighted by Crippen LogP contribution is -2.35. The van der Waals surface area contributed by atoms with Gasteiger partial charge in [0, 0.05) is 5.75 Å². The zero-order valence-electron chi connectivity index (χ0n) is 5.63. The minimum atomic E-state index is -0.779. The first kappa shape index (κ1) is 10.6. The molecular weight excluding hydrogens is 188 g/mol. The first-order valence-corrected chi connectivity index (χ1v) is 7.21. The predicted octanol–water partition coefficient (Wildman–Crippen LogP) is 0.776. The molecule has 6 heteroatoms. The minimum Gasteiger partial charge on any atom is -0.480 e. The molecule has 0 aliphatic rings. The maximum atomic E-state index is 10.4. The predicted molar refractivity (Wildman–Crippen MR) is 51.0 cm³/mol. The number of likely N-dealkylation sites (N-methyl/N-ethyl adjacent to an activating group) is 1. The second-order valence-corrected chi connectivity index (χ2v) is 6.16. The molecule has 0 aliphatic heterocycles. The number of carboxylic acids is 1. The van der Waals surface area contributed by atoms with E-state index in [1.807, 2.05) is 0 Å². The van der Waals surface area contributed by atoms with Crippen molar-refractivity contribution in [3.05, 3.63) is 0 Å². The van der Waals surface area contributed by atoms with Gasteiger partial charge in [-0.1, -0.05) is 0 Å². The second kappa shape index (κ2) is 6.36. The highest BCUT2D eigenvalue weighted by molar-refractivity contribution is 8.64. The van der Waals surface area contributed by atoms with Crippen LogP contribution in [-0.2, 0) is 4.79 Å². The normalized spacial score (nSPS) is 14.2. The van der Waals surface area contributed by atoms with Gasteiger partial charge in [-0.3, -0.25) is 4.79 Å². The quantitative estimate of drug-likeness (QED) is 0.642. The monoisotopic (exact) mass is 199 g/mol. The summed E-state index contributed by atoms with van der Waals surface area (Å²) >= 11 is 1.62. The standard InChI is InChI=1S/C4H11NO2P2S/c1-5-3(4(6)7)2-10-9-8/h3,5,9H,2,8H2,1H3,(H,6,7). The summed E-state index contributed by atoms with van der Waals surface area (Å²) in [6, 6.07) is -0.405. The molecular formula is C4H11NO2P2S. The van der Waals surface area contributed by atoms with Crippen molar-refractivity contribution in [1.82, 2.24) is 5.32 Å². The van der Waals surface area contributed by atoms with Gasteiger partial charge in [0.1, 0.15) is 6.04 Å². The van der Waals surface area contributed by atoms with Gasteiger partial charge in [-0.25, -0.2) is 0 Å². The Kier molecular flexibility index (Phi) is 6.76. The van der Waals surface area contributed by atoms with Gasteiger partial charge in [-0.2, -0.15) is 0 Å². The van der Waals surface area contributed by atoms with Crippen LogP contribution in [0.1, 0.15) is 0 Å². The number of carboxylic acid groups (broad SMARTS) is 1. The minimum absolute atomic E-state index is 0.405. The van der Waals surface area contributed by atoms with E-state index in [4.69, 9.17) is 5.11 Å². The summed E-state index contributed by atoms with van der Waals surface area (Å²) in [5, 5.41) is 11.2. The van der Waals surface area contributed by atoms with Crippen LogP contribution in [0.25, 0.3) is 0 Å². The molecule has 0 radical (unpaired) electrons. The van der Waals surface area contributed by atoms with Crippen LogP contribution in [0.15, 0.2) is 0 Å². The molecule has 60 valence electrons. The van der Waals surface area contributed by atoms with Crippen LogP contribution in [0.4, 0.5) is 0 Å². The van der Waals surface area contributed by atoms with Gasteiger partial charge >= 0.3 is 5.97 Å². The number of aliphatic carboxylic acids is 1. The van der Waals surface area contributed by atoms with E-state index >= 15 is 0 Å². The van der Waals surface area contributed by atoms with Crippen molar-refractivity contribution in [2.75, 3.05) is 12.8 Å². The summed E-state index contributed by atoms with van der Waals surface area (Å²) in [5.74, 6) is -0.147. The van der Waals surface area contributed by atoms with E-state index < -0.39 is 12.0 Å². The molecule has 0 rings (SSSR count). The summed E-state index contributed by atoms with van der Waals surface area (Å²) in [6.45, 7) is 0. The van der Waals surface area contributed by atoms with Gasteiger partial charge in [0.2, 0.25) is 0 Å². The Morgan fingerprint density at radius 3 is 2.90 bits per heavy atom. The molecule has 3 atom stereocenters. The first-order chi connectivity index (χ1) is 4.72. The SMILES string of the molecule is CNC(CSPP)C(=O)O. The number of rotatable bonds is 5. The molecule has 0 bridgehead atoms. The molecule has 0 aliphatic carbocycles. The Labute approximate surface area is 68.4 Å². The molecule has 2 N–H and O–H groups in total. The van der Waals surface area contributed by atoms with Crippen LogP contribution in [0.2, 0.25) is 0 Å². The smallest absolute Gasteiger partial charge is 0.321 e.